The van der Waals surface area contributed by atoms with Gasteiger partial charge in [-0.3, -0.25) is 33.9 Å². The van der Waals surface area contributed by atoms with Crippen LogP contribution in [0.3, 0.4) is 0 Å². The molecule has 1 aromatic carbocycles. The summed E-state index contributed by atoms with van der Waals surface area (Å²) in [7, 11) is 0. The van der Waals surface area contributed by atoms with Crippen LogP contribution in [0.2, 0.25) is 0 Å². The number of benzene rings is 1. The van der Waals surface area contributed by atoms with Gasteiger partial charge in [0.2, 0.25) is 0 Å². The van der Waals surface area contributed by atoms with Gasteiger partial charge in [0.15, 0.2) is 6.29 Å². The molecule has 0 unspecified atom stereocenters. The summed E-state index contributed by atoms with van der Waals surface area (Å²) in [5.41, 5.74) is 7.02. The van der Waals surface area contributed by atoms with Crippen LogP contribution in [0.1, 0.15) is 31.2 Å². The highest BCUT2D eigenvalue weighted by Crippen LogP contribution is 2.28. The largest absolute Gasteiger partial charge is 0.480 e. The maximum absolute atomic E-state index is 11.9. The minimum absolute atomic E-state index is 0.0268. The van der Waals surface area contributed by atoms with Crippen LogP contribution < -0.4 is 5.73 Å². The molecule has 39 heavy (non-hydrogen) atoms. The fourth-order valence-electron chi connectivity index (χ4n) is 5.30. The molecule has 0 saturated heterocycles. The van der Waals surface area contributed by atoms with Crippen molar-refractivity contribution in [1.82, 2.24) is 14.7 Å². The third kappa shape index (κ3) is 11.1. The summed E-state index contributed by atoms with van der Waals surface area (Å²) in [6.45, 7) is -2.52. The van der Waals surface area contributed by atoms with Gasteiger partial charge < -0.3 is 36.4 Å². The van der Waals surface area contributed by atoms with Crippen LogP contribution in [0.15, 0.2) is 24.3 Å². The smallest absolute Gasteiger partial charge is 0.317 e. The van der Waals surface area contributed by atoms with E-state index in [2.05, 4.69) is 0 Å². The Morgan fingerprint density at radius 3 is 1.59 bits per heavy atom. The van der Waals surface area contributed by atoms with Gasteiger partial charge >= 0.3 is 23.9 Å². The molecule has 0 amide bonds. The number of aliphatic hydroxyl groups is 2. The molecule has 218 valence electrons. The normalized spacial score (nSPS) is 18.5. The average molecular weight is 555 g/mol. The molecule has 1 aromatic rings. The van der Waals surface area contributed by atoms with Crippen molar-refractivity contribution in [2.75, 3.05) is 45.0 Å². The number of nitrogen functional groups attached to an aromatic ring is 1. The Labute approximate surface area is 225 Å². The van der Waals surface area contributed by atoms with Crippen molar-refractivity contribution in [3.05, 3.63) is 29.8 Å². The van der Waals surface area contributed by atoms with Crippen molar-refractivity contribution in [2.45, 2.75) is 56.5 Å². The quantitative estimate of drug-likeness (QED) is 0.0910. The summed E-state index contributed by atoms with van der Waals surface area (Å²) < 4.78 is 0. The lowest BCUT2D eigenvalue weighted by molar-refractivity contribution is -0.146. The first-order valence-electron chi connectivity index (χ1n) is 12.7. The molecule has 2 rings (SSSR count). The van der Waals surface area contributed by atoms with E-state index < -0.39 is 74.5 Å². The predicted octanol–water partition coefficient (Wildman–Crippen LogP) is -0.954. The second kappa shape index (κ2) is 15.3. The van der Waals surface area contributed by atoms with Crippen LogP contribution in [-0.2, 0) is 25.6 Å². The van der Waals surface area contributed by atoms with Gasteiger partial charge in [-0.25, -0.2) is 0 Å². The maximum atomic E-state index is 11.9. The molecule has 1 aliphatic carbocycles. The maximum Gasteiger partial charge on any atom is 0.317 e. The lowest BCUT2D eigenvalue weighted by Crippen LogP contribution is -2.59. The molecule has 1 aliphatic rings. The number of rotatable bonds is 17. The standard InChI is InChI=1S/C25H38N4O10/c26-17-7-5-16(6-8-17)9-18(27(11-21(30)31)12-22(32)33)10-28(13-23(34)35)19-3-1-2-4-20(19)29(14-24(36)37)15-25(38)39/h5-8,18-20,24,36-37H,1-4,9-15,26H2,(H,30,31)(H,32,33)(H,34,35)(H,38,39)/t18-,19+,20+/m0/s1. The molecule has 0 radical (unpaired) electrons. The first-order chi connectivity index (χ1) is 18.3. The van der Waals surface area contributed by atoms with Crippen LogP contribution in [0.5, 0.6) is 0 Å². The Bertz CT molecular complexity index is 958. The van der Waals surface area contributed by atoms with Crippen molar-refractivity contribution in [3.63, 3.8) is 0 Å². The van der Waals surface area contributed by atoms with Gasteiger partial charge in [-0.2, -0.15) is 0 Å². The molecule has 0 aliphatic heterocycles. The number of aliphatic hydroxyl groups excluding tert-OH is 1. The summed E-state index contributed by atoms with van der Waals surface area (Å²) in [6.07, 6.45) is 0.803. The Kier molecular flexibility index (Phi) is 12.5. The van der Waals surface area contributed by atoms with Gasteiger partial charge in [0.05, 0.1) is 32.7 Å². The van der Waals surface area contributed by atoms with Crippen molar-refractivity contribution in [2.24, 2.45) is 0 Å². The van der Waals surface area contributed by atoms with Crippen molar-refractivity contribution >= 4 is 29.6 Å². The van der Waals surface area contributed by atoms with Crippen LogP contribution in [-0.4, -0.2) is 133 Å². The second-order valence-electron chi connectivity index (χ2n) is 9.84. The van der Waals surface area contributed by atoms with E-state index in [-0.39, 0.29) is 19.5 Å². The lowest BCUT2D eigenvalue weighted by Gasteiger charge is -2.46. The number of aliphatic carboxylic acids is 4. The highest BCUT2D eigenvalue weighted by Gasteiger charge is 2.38. The van der Waals surface area contributed by atoms with E-state index in [1.54, 1.807) is 29.2 Å². The molecule has 3 atom stereocenters. The third-order valence-corrected chi connectivity index (χ3v) is 6.80. The molecule has 14 nitrogen and oxygen atoms in total. The van der Waals surface area contributed by atoms with Gasteiger partial charge in [0.1, 0.15) is 0 Å². The third-order valence-electron chi connectivity index (χ3n) is 6.80. The number of hydrogen-bond acceptors (Lipinski definition) is 10. The molecule has 0 bridgehead atoms. The number of carboxylic acids is 4. The monoisotopic (exact) mass is 554 g/mol. The Hall–Kier alpha value is -3.30. The molecule has 0 aromatic heterocycles. The van der Waals surface area contributed by atoms with E-state index in [4.69, 9.17) is 5.73 Å². The van der Waals surface area contributed by atoms with Gasteiger partial charge in [-0.15, -0.1) is 0 Å². The van der Waals surface area contributed by atoms with Gasteiger partial charge in [0.25, 0.3) is 0 Å². The summed E-state index contributed by atoms with van der Waals surface area (Å²) in [6, 6.07) is 4.98. The first kappa shape index (κ1) is 31.9. The number of anilines is 1. The number of carboxylic acid groups (broad SMARTS) is 4. The van der Waals surface area contributed by atoms with Crippen LogP contribution >= 0.6 is 0 Å². The first-order valence-corrected chi connectivity index (χ1v) is 12.7. The summed E-state index contributed by atoms with van der Waals surface area (Å²) in [4.78, 5) is 51.1. The van der Waals surface area contributed by atoms with E-state index in [0.29, 0.717) is 18.5 Å². The Balaban J connectivity index is 2.48. The van der Waals surface area contributed by atoms with E-state index in [1.165, 1.54) is 9.80 Å². The van der Waals surface area contributed by atoms with Crippen LogP contribution in [0.25, 0.3) is 0 Å². The zero-order chi connectivity index (χ0) is 29.1. The highest BCUT2D eigenvalue weighted by molar-refractivity contribution is 5.73. The van der Waals surface area contributed by atoms with Crippen molar-refractivity contribution in [3.8, 4) is 0 Å². The van der Waals surface area contributed by atoms with Gasteiger partial charge in [0, 0.05) is 30.4 Å². The van der Waals surface area contributed by atoms with Gasteiger partial charge in [-0.05, 0) is 37.0 Å². The summed E-state index contributed by atoms with van der Waals surface area (Å²) in [5.74, 6) is -4.84. The molecule has 1 saturated carbocycles. The van der Waals surface area contributed by atoms with Gasteiger partial charge in [-0.1, -0.05) is 25.0 Å². The fourth-order valence-corrected chi connectivity index (χ4v) is 5.30. The summed E-state index contributed by atoms with van der Waals surface area (Å²) >= 11 is 0. The topological polar surface area (TPSA) is 225 Å². The van der Waals surface area contributed by atoms with Crippen LogP contribution in [0.4, 0.5) is 5.69 Å². The highest BCUT2D eigenvalue weighted by atomic mass is 16.5. The second-order valence-corrected chi connectivity index (χ2v) is 9.84. The molecule has 0 heterocycles. The van der Waals surface area contributed by atoms with Crippen molar-refractivity contribution in [1.29, 1.82) is 0 Å². The van der Waals surface area contributed by atoms with Crippen LogP contribution in [0, 0.1) is 0 Å². The Morgan fingerprint density at radius 1 is 0.744 bits per heavy atom. The SMILES string of the molecule is Nc1ccc(C[C@@H](CN(CC(=O)O)[C@@H]2CCCC[C@H]2N(CC(=O)O)CC(O)O)N(CC(=O)O)CC(=O)O)cc1. The molecule has 14 heteroatoms. The van der Waals surface area contributed by atoms with Crippen molar-refractivity contribution < 1.29 is 49.8 Å². The molecule has 0 spiro atoms. The predicted molar refractivity (Wildman–Crippen MR) is 138 cm³/mol. The van der Waals surface area contributed by atoms with E-state index in [0.717, 1.165) is 18.4 Å². The zero-order valence-corrected chi connectivity index (χ0v) is 21.6. The molecular formula is C25H38N4O10. The fraction of sp³-hybridized carbons (Fsp3) is 0.600. The summed E-state index contributed by atoms with van der Waals surface area (Å²) in [5, 5.41) is 57.3. The molecular weight excluding hydrogens is 516 g/mol. The molecule has 8 N–H and O–H groups in total. The Morgan fingerprint density at radius 2 is 1.18 bits per heavy atom. The van der Waals surface area contributed by atoms with E-state index >= 15 is 0 Å². The van der Waals surface area contributed by atoms with E-state index in [1.807, 2.05) is 0 Å². The number of hydrogen-bond donors (Lipinski definition) is 7. The minimum Gasteiger partial charge on any atom is -0.480 e. The average Bonchev–Trinajstić information content (AvgIpc) is 2.82. The number of nitrogens with two attached hydrogens (primary N) is 1. The minimum atomic E-state index is -1.81. The zero-order valence-electron chi connectivity index (χ0n) is 21.6. The number of carbonyl (C=O) groups is 4. The molecule has 1 fully saturated rings. The van der Waals surface area contributed by atoms with E-state index in [9.17, 15) is 49.8 Å². The lowest BCUT2D eigenvalue weighted by atomic mass is 9.87. The number of nitrogens with zero attached hydrogens (tertiary/aromatic N) is 3.